The van der Waals surface area contributed by atoms with E-state index in [0.29, 0.717) is 31.2 Å². The van der Waals surface area contributed by atoms with Gasteiger partial charge in [-0.3, -0.25) is 4.90 Å². The van der Waals surface area contributed by atoms with Crippen molar-refractivity contribution < 1.29 is 9.13 Å². The van der Waals surface area contributed by atoms with Crippen LogP contribution in [0.25, 0.3) is 0 Å². The van der Waals surface area contributed by atoms with E-state index in [-0.39, 0.29) is 0 Å². The molecule has 2 fully saturated rings. The van der Waals surface area contributed by atoms with Crippen molar-refractivity contribution in [2.75, 3.05) is 32.0 Å². The van der Waals surface area contributed by atoms with Crippen LogP contribution >= 0.6 is 0 Å². The van der Waals surface area contributed by atoms with Crippen molar-refractivity contribution >= 4 is 5.82 Å². The maximum atomic E-state index is 13.3. The topological polar surface area (TPSA) is 51.4 Å². The monoisotopic (exact) mass is 279 g/mol. The quantitative estimate of drug-likeness (QED) is 0.920. The Labute approximate surface area is 119 Å². The van der Waals surface area contributed by atoms with Gasteiger partial charge in [0, 0.05) is 32.8 Å². The number of hydrogen-bond donors (Lipinski definition) is 1. The van der Waals surface area contributed by atoms with Crippen LogP contribution in [0.4, 0.5) is 10.2 Å². The van der Waals surface area contributed by atoms with Crippen molar-refractivity contribution in [3.05, 3.63) is 23.4 Å². The predicted molar refractivity (Wildman–Crippen MR) is 76.2 cm³/mol. The number of likely N-dealkylation sites (tertiary alicyclic amines) is 1. The highest BCUT2D eigenvalue weighted by molar-refractivity contribution is 5.36. The van der Waals surface area contributed by atoms with Crippen LogP contribution < -0.4 is 5.73 Å². The zero-order valence-corrected chi connectivity index (χ0v) is 11.7. The van der Waals surface area contributed by atoms with Crippen LogP contribution in [0, 0.1) is 0 Å². The second-order valence-corrected chi connectivity index (χ2v) is 5.78. The molecule has 0 bridgehead atoms. The zero-order valence-electron chi connectivity index (χ0n) is 11.7. The van der Waals surface area contributed by atoms with E-state index in [9.17, 15) is 4.39 Å². The van der Waals surface area contributed by atoms with Gasteiger partial charge in [-0.1, -0.05) is 6.07 Å². The molecule has 1 aromatic rings. The molecule has 0 saturated carbocycles. The molecule has 20 heavy (non-hydrogen) atoms. The molecule has 0 amide bonds. The van der Waals surface area contributed by atoms with Crippen molar-refractivity contribution in [3.63, 3.8) is 0 Å². The van der Waals surface area contributed by atoms with Crippen molar-refractivity contribution in [1.29, 1.82) is 0 Å². The number of hydrogen-bond acceptors (Lipinski definition) is 4. The number of pyridine rings is 1. The number of halogens is 1. The number of alkyl halides is 1. The molecule has 2 saturated heterocycles. The lowest BCUT2D eigenvalue weighted by atomic mass is 9.90. The largest absolute Gasteiger partial charge is 0.384 e. The zero-order chi connectivity index (χ0) is 13.9. The SMILES string of the molecule is Nc1ccc(C2CCOCC2)c(CN2CC[C@H](F)C2)n1. The van der Waals surface area contributed by atoms with E-state index >= 15 is 0 Å². The standard InChI is InChI=1S/C15H22FN3O/c16-12-3-6-19(9-12)10-14-13(1-2-15(17)18-14)11-4-7-20-8-5-11/h1-2,11-12H,3-10H2,(H2,17,18)/t12-/m0/s1. The van der Waals surface area contributed by atoms with Crippen LogP contribution in [-0.2, 0) is 11.3 Å². The van der Waals surface area contributed by atoms with Crippen LogP contribution in [0.3, 0.4) is 0 Å². The fourth-order valence-corrected chi connectivity index (χ4v) is 3.18. The van der Waals surface area contributed by atoms with Crippen LogP contribution in [0.15, 0.2) is 12.1 Å². The third-order valence-corrected chi connectivity index (χ3v) is 4.28. The summed E-state index contributed by atoms with van der Waals surface area (Å²) in [5, 5.41) is 0. The van der Waals surface area contributed by atoms with Crippen LogP contribution in [0.2, 0.25) is 0 Å². The summed E-state index contributed by atoms with van der Waals surface area (Å²) in [5.74, 6) is 1.04. The summed E-state index contributed by atoms with van der Waals surface area (Å²) < 4.78 is 18.7. The fourth-order valence-electron chi connectivity index (χ4n) is 3.18. The van der Waals surface area contributed by atoms with Gasteiger partial charge in [0.25, 0.3) is 0 Å². The first-order chi connectivity index (χ1) is 9.72. The molecule has 5 heteroatoms. The molecule has 3 heterocycles. The fraction of sp³-hybridized carbons (Fsp3) is 0.667. The molecule has 1 aromatic heterocycles. The Bertz CT molecular complexity index is 462. The normalized spacial score (nSPS) is 25.1. The second-order valence-electron chi connectivity index (χ2n) is 5.78. The lowest BCUT2D eigenvalue weighted by molar-refractivity contribution is 0.0849. The van der Waals surface area contributed by atoms with Crippen molar-refractivity contribution in [3.8, 4) is 0 Å². The van der Waals surface area contributed by atoms with Gasteiger partial charge in [-0.15, -0.1) is 0 Å². The minimum atomic E-state index is -0.692. The molecule has 2 aliphatic rings. The van der Waals surface area contributed by atoms with Crippen molar-refractivity contribution in [2.45, 2.75) is 37.9 Å². The molecule has 2 N–H and O–H groups in total. The van der Waals surface area contributed by atoms with Crippen LogP contribution in [0.5, 0.6) is 0 Å². The Morgan fingerprint density at radius 2 is 2.10 bits per heavy atom. The molecule has 4 nitrogen and oxygen atoms in total. The summed E-state index contributed by atoms with van der Waals surface area (Å²) in [6.45, 7) is 3.65. The summed E-state index contributed by atoms with van der Waals surface area (Å²) in [5.41, 5.74) is 8.12. The Morgan fingerprint density at radius 1 is 1.30 bits per heavy atom. The third-order valence-electron chi connectivity index (χ3n) is 4.28. The molecule has 0 aromatic carbocycles. The van der Waals surface area contributed by atoms with Gasteiger partial charge in [0.1, 0.15) is 12.0 Å². The summed E-state index contributed by atoms with van der Waals surface area (Å²) in [7, 11) is 0. The van der Waals surface area contributed by atoms with Crippen LogP contribution in [-0.4, -0.2) is 42.4 Å². The minimum absolute atomic E-state index is 0.496. The molecule has 1 atom stereocenters. The van der Waals surface area contributed by atoms with Gasteiger partial charge in [-0.25, -0.2) is 9.37 Å². The molecular formula is C15H22FN3O. The maximum absolute atomic E-state index is 13.3. The third kappa shape index (κ3) is 3.10. The van der Waals surface area contributed by atoms with Gasteiger partial charge in [0.05, 0.1) is 5.69 Å². The van der Waals surface area contributed by atoms with E-state index < -0.39 is 6.17 Å². The Morgan fingerprint density at radius 3 is 2.80 bits per heavy atom. The van der Waals surface area contributed by atoms with E-state index in [1.54, 1.807) is 0 Å². The van der Waals surface area contributed by atoms with Gasteiger partial charge >= 0.3 is 0 Å². The van der Waals surface area contributed by atoms with E-state index in [0.717, 1.165) is 38.3 Å². The van der Waals surface area contributed by atoms with Gasteiger partial charge in [0.2, 0.25) is 0 Å². The minimum Gasteiger partial charge on any atom is -0.384 e. The second kappa shape index (κ2) is 6.06. The molecule has 0 aliphatic carbocycles. The van der Waals surface area contributed by atoms with Crippen molar-refractivity contribution in [1.82, 2.24) is 9.88 Å². The summed E-state index contributed by atoms with van der Waals surface area (Å²) in [6.07, 6.45) is 2.01. The summed E-state index contributed by atoms with van der Waals surface area (Å²) in [6, 6.07) is 3.97. The Balaban J connectivity index is 1.78. The van der Waals surface area contributed by atoms with Crippen LogP contribution in [0.1, 0.15) is 36.4 Å². The molecule has 2 aliphatic heterocycles. The van der Waals surface area contributed by atoms with Gasteiger partial charge in [-0.2, -0.15) is 0 Å². The number of rotatable bonds is 3. The first-order valence-electron chi connectivity index (χ1n) is 7.42. The Kier molecular flexibility index (Phi) is 4.17. The van der Waals surface area contributed by atoms with Gasteiger partial charge in [0.15, 0.2) is 0 Å². The summed E-state index contributed by atoms with van der Waals surface area (Å²) in [4.78, 5) is 6.64. The first-order valence-corrected chi connectivity index (χ1v) is 7.42. The molecular weight excluding hydrogens is 257 g/mol. The number of anilines is 1. The molecule has 0 radical (unpaired) electrons. The average Bonchev–Trinajstić information content (AvgIpc) is 2.85. The lowest BCUT2D eigenvalue weighted by Crippen LogP contribution is -2.24. The van der Waals surface area contributed by atoms with E-state index in [1.165, 1.54) is 5.56 Å². The smallest absolute Gasteiger partial charge is 0.123 e. The Hall–Kier alpha value is -1.20. The van der Waals surface area contributed by atoms with E-state index in [4.69, 9.17) is 10.5 Å². The average molecular weight is 279 g/mol. The maximum Gasteiger partial charge on any atom is 0.123 e. The number of nitrogens with zero attached hydrogens (tertiary/aromatic N) is 2. The van der Waals surface area contributed by atoms with Gasteiger partial charge < -0.3 is 10.5 Å². The lowest BCUT2D eigenvalue weighted by Gasteiger charge is -2.25. The first kappa shape index (κ1) is 13.8. The molecule has 0 spiro atoms. The molecule has 3 rings (SSSR count). The highest BCUT2D eigenvalue weighted by Gasteiger charge is 2.25. The van der Waals surface area contributed by atoms with Gasteiger partial charge in [-0.05, 0) is 36.8 Å². The van der Waals surface area contributed by atoms with E-state index in [2.05, 4.69) is 16.0 Å². The van der Waals surface area contributed by atoms with E-state index in [1.807, 2.05) is 6.07 Å². The summed E-state index contributed by atoms with van der Waals surface area (Å²) >= 11 is 0. The molecule has 0 unspecified atom stereocenters. The highest BCUT2D eigenvalue weighted by atomic mass is 19.1. The number of ether oxygens (including phenoxy) is 1. The number of aromatic nitrogens is 1. The number of nitrogens with two attached hydrogens (primary N) is 1. The predicted octanol–water partition coefficient (Wildman–Crippen LogP) is 2.10. The highest BCUT2D eigenvalue weighted by Crippen LogP contribution is 2.30. The molecule has 110 valence electrons. The van der Waals surface area contributed by atoms with Crippen molar-refractivity contribution in [2.24, 2.45) is 0 Å². The number of nitrogen functional groups attached to an aromatic ring is 1.